The van der Waals surface area contributed by atoms with E-state index in [-0.39, 0.29) is 17.7 Å². The SMILES string of the molecule is C=Cc1c(C(=O)O)ccc(COC2CC(N)C2)c1OC. The van der Waals surface area contributed by atoms with Crippen LogP contribution in [-0.2, 0) is 11.3 Å². The third kappa shape index (κ3) is 2.84. The summed E-state index contributed by atoms with van der Waals surface area (Å²) in [6, 6.07) is 3.50. The molecule has 5 nitrogen and oxygen atoms in total. The molecule has 0 unspecified atom stereocenters. The average molecular weight is 277 g/mol. The Balaban J connectivity index is 2.20. The van der Waals surface area contributed by atoms with E-state index in [2.05, 4.69) is 6.58 Å². The maximum atomic E-state index is 11.2. The number of hydrogen-bond acceptors (Lipinski definition) is 4. The fraction of sp³-hybridized carbons (Fsp3) is 0.400. The zero-order chi connectivity index (χ0) is 14.7. The van der Waals surface area contributed by atoms with Gasteiger partial charge in [0.05, 0.1) is 25.4 Å². The van der Waals surface area contributed by atoms with E-state index in [1.54, 1.807) is 12.1 Å². The second kappa shape index (κ2) is 6.07. The summed E-state index contributed by atoms with van der Waals surface area (Å²) >= 11 is 0. The number of ether oxygens (including phenoxy) is 2. The lowest BCUT2D eigenvalue weighted by Gasteiger charge is -2.32. The summed E-state index contributed by atoms with van der Waals surface area (Å²) in [5.74, 6) is -0.501. The minimum absolute atomic E-state index is 0.172. The Kier molecular flexibility index (Phi) is 4.42. The molecule has 0 spiro atoms. The van der Waals surface area contributed by atoms with Gasteiger partial charge in [0.15, 0.2) is 0 Å². The lowest BCUT2D eigenvalue weighted by molar-refractivity contribution is -0.0194. The summed E-state index contributed by atoms with van der Waals surface area (Å²) in [5.41, 5.74) is 7.17. The fourth-order valence-corrected chi connectivity index (χ4v) is 2.34. The summed E-state index contributed by atoms with van der Waals surface area (Å²) in [7, 11) is 1.51. The zero-order valence-corrected chi connectivity index (χ0v) is 11.5. The Morgan fingerprint density at radius 3 is 2.75 bits per heavy atom. The molecule has 0 atom stereocenters. The molecule has 1 aliphatic carbocycles. The first-order valence-corrected chi connectivity index (χ1v) is 6.49. The molecule has 0 aromatic heterocycles. The summed E-state index contributed by atoms with van der Waals surface area (Å²) < 4.78 is 11.1. The van der Waals surface area contributed by atoms with Gasteiger partial charge in [-0.15, -0.1) is 0 Å². The third-order valence-corrected chi connectivity index (χ3v) is 3.52. The van der Waals surface area contributed by atoms with E-state index in [1.165, 1.54) is 13.2 Å². The van der Waals surface area contributed by atoms with Crippen molar-refractivity contribution in [3.05, 3.63) is 35.4 Å². The van der Waals surface area contributed by atoms with Gasteiger partial charge in [0.2, 0.25) is 0 Å². The number of aromatic carboxylic acids is 1. The molecule has 1 aromatic carbocycles. The van der Waals surface area contributed by atoms with Gasteiger partial charge in [0.1, 0.15) is 5.75 Å². The number of methoxy groups -OCH3 is 1. The largest absolute Gasteiger partial charge is 0.496 e. The van der Waals surface area contributed by atoms with Crippen molar-refractivity contribution in [1.82, 2.24) is 0 Å². The van der Waals surface area contributed by atoms with E-state index in [9.17, 15) is 4.79 Å². The summed E-state index contributed by atoms with van der Waals surface area (Å²) in [6.45, 7) is 4.03. The maximum absolute atomic E-state index is 11.2. The van der Waals surface area contributed by atoms with E-state index >= 15 is 0 Å². The molecule has 0 saturated heterocycles. The number of carboxylic acids is 1. The predicted molar refractivity (Wildman–Crippen MR) is 75.8 cm³/mol. The van der Waals surface area contributed by atoms with E-state index in [1.807, 2.05) is 0 Å². The highest BCUT2D eigenvalue weighted by Gasteiger charge is 2.27. The molecule has 5 heteroatoms. The minimum atomic E-state index is -1.00. The Labute approximate surface area is 118 Å². The summed E-state index contributed by atoms with van der Waals surface area (Å²) in [4.78, 5) is 11.2. The van der Waals surface area contributed by atoms with Crippen LogP contribution in [0.25, 0.3) is 6.08 Å². The van der Waals surface area contributed by atoms with Crippen LogP contribution in [0, 0.1) is 0 Å². The van der Waals surface area contributed by atoms with Gasteiger partial charge in [-0.2, -0.15) is 0 Å². The quantitative estimate of drug-likeness (QED) is 0.831. The molecule has 108 valence electrons. The Bertz CT molecular complexity index is 521. The van der Waals surface area contributed by atoms with E-state index in [4.69, 9.17) is 20.3 Å². The van der Waals surface area contributed by atoms with Gasteiger partial charge in [0.25, 0.3) is 0 Å². The number of benzene rings is 1. The summed E-state index contributed by atoms with van der Waals surface area (Å²) in [6.07, 6.45) is 3.40. The molecule has 1 fully saturated rings. The van der Waals surface area contributed by atoms with Crippen molar-refractivity contribution in [3.63, 3.8) is 0 Å². The van der Waals surface area contributed by atoms with Crippen LogP contribution in [0.1, 0.15) is 34.3 Å². The van der Waals surface area contributed by atoms with Crippen molar-refractivity contribution >= 4 is 12.0 Å². The van der Waals surface area contributed by atoms with Crippen LogP contribution in [-0.4, -0.2) is 30.3 Å². The molecule has 0 heterocycles. The molecule has 0 radical (unpaired) electrons. The van der Waals surface area contributed by atoms with Gasteiger partial charge in [0, 0.05) is 17.2 Å². The van der Waals surface area contributed by atoms with Crippen LogP contribution in [0.3, 0.4) is 0 Å². The van der Waals surface area contributed by atoms with Crippen molar-refractivity contribution in [2.75, 3.05) is 7.11 Å². The molecule has 1 saturated carbocycles. The molecule has 0 bridgehead atoms. The van der Waals surface area contributed by atoms with Gasteiger partial charge >= 0.3 is 5.97 Å². The average Bonchev–Trinajstić information content (AvgIpc) is 2.40. The van der Waals surface area contributed by atoms with Gasteiger partial charge in [-0.05, 0) is 18.9 Å². The van der Waals surface area contributed by atoms with Crippen LogP contribution in [0.5, 0.6) is 5.75 Å². The first-order valence-electron chi connectivity index (χ1n) is 6.49. The number of carbonyl (C=O) groups is 1. The Morgan fingerprint density at radius 2 is 2.25 bits per heavy atom. The number of carboxylic acid groups (broad SMARTS) is 1. The lowest BCUT2D eigenvalue weighted by atomic mass is 9.90. The fourth-order valence-electron chi connectivity index (χ4n) is 2.34. The van der Waals surface area contributed by atoms with Crippen LogP contribution in [0.4, 0.5) is 0 Å². The van der Waals surface area contributed by atoms with Crippen LogP contribution in [0.2, 0.25) is 0 Å². The van der Waals surface area contributed by atoms with Crippen LogP contribution >= 0.6 is 0 Å². The topological polar surface area (TPSA) is 81.8 Å². The minimum Gasteiger partial charge on any atom is -0.496 e. The normalized spacial score (nSPS) is 21.1. The molecular weight excluding hydrogens is 258 g/mol. The molecular formula is C15H19NO4. The molecule has 0 amide bonds. The lowest BCUT2D eigenvalue weighted by Crippen LogP contribution is -2.41. The first kappa shape index (κ1) is 14.6. The molecule has 3 N–H and O–H groups in total. The summed E-state index contributed by atoms with van der Waals surface area (Å²) in [5, 5.41) is 9.15. The highest BCUT2D eigenvalue weighted by molar-refractivity contribution is 5.93. The van der Waals surface area contributed by atoms with Crippen molar-refractivity contribution in [1.29, 1.82) is 0 Å². The van der Waals surface area contributed by atoms with Crippen molar-refractivity contribution in [2.45, 2.75) is 31.6 Å². The molecule has 1 aliphatic rings. The molecule has 2 rings (SSSR count). The standard InChI is InChI=1S/C15H19NO4/c1-3-12-13(15(17)18)5-4-9(14(12)19-2)8-20-11-6-10(16)7-11/h3-5,10-11H,1,6-8,16H2,2H3,(H,17,18). The van der Waals surface area contributed by atoms with Gasteiger partial charge < -0.3 is 20.3 Å². The number of hydrogen-bond donors (Lipinski definition) is 2. The van der Waals surface area contributed by atoms with E-state index < -0.39 is 5.97 Å². The molecule has 0 aliphatic heterocycles. The smallest absolute Gasteiger partial charge is 0.336 e. The molecule has 20 heavy (non-hydrogen) atoms. The van der Waals surface area contributed by atoms with Crippen molar-refractivity contribution < 1.29 is 19.4 Å². The highest BCUT2D eigenvalue weighted by atomic mass is 16.5. The number of nitrogens with two attached hydrogens (primary N) is 1. The first-order chi connectivity index (χ1) is 9.56. The van der Waals surface area contributed by atoms with Gasteiger partial charge in [-0.25, -0.2) is 4.79 Å². The number of rotatable bonds is 6. The second-order valence-electron chi connectivity index (χ2n) is 4.89. The van der Waals surface area contributed by atoms with Crippen LogP contribution < -0.4 is 10.5 Å². The molecule has 1 aromatic rings. The highest BCUT2D eigenvalue weighted by Crippen LogP contribution is 2.31. The third-order valence-electron chi connectivity index (χ3n) is 3.52. The van der Waals surface area contributed by atoms with E-state index in [0.717, 1.165) is 18.4 Å². The van der Waals surface area contributed by atoms with Crippen LogP contribution in [0.15, 0.2) is 18.7 Å². The Morgan fingerprint density at radius 1 is 1.55 bits per heavy atom. The van der Waals surface area contributed by atoms with Gasteiger partial charge in [-0.3, -0.25) is 0 Å². The van der Waals surface area contributed by atoms with Crippen molar-refractivity contribution in [3.8, 4) is 5.75 Å². The monoisotopic (exact) mass is 277 g/mol. The van der Waals surface area contributed by atoms with E-state index in [0.29, 0.717) is 17.9 Å². The second-order valence-corrected chi connectivity index (χ2v) is 4.89. The zero-order valence-electron chi connectivity index (χ0n) is 11.5. The van der Waals surface area contributed by atoms with Gasteiger partial charge in [-0.1, -0.05) is 18.7 Å². The maximum Gasteiger partial charge on any atom is 0.336 e. The predicted octanol–water partition coefficient (Wildman–Crippen LogP) is 2.04. The van der Waals surface area contributed by atoms with Crippen molar-refractivity contribution in [2.24, 2.45) is 5.73 Å². The Hall–Kier alpha value is -1.85.